The summed E-state index contributed by atoms with van der Waals surface area (Å²) in [5, 5.41) is 28.7. The van der Waals surface area contributed by atoms with E-state index in [1.165, 1.54) is 6.92 Å². The lowest BCUT2D eigenvalue weighted by Crippen LogP contribution is -2.57. The zero-order chi connectivity index (χ0) is 15.8. The van der Waals surface area contributed by atoms with Crippen molar-refractivity contribution in [1.82, 2.24) is 9.55 Å². The third-order valence-electron chi connectivity index (χ3n) is 3.18. The van der Waals surface area contributed by atoms with Crippen molar-refractivity contribution in [2.45, 2.75) is 30.7 Å². The molecule has 0 spiro atoms. The molecule has 1 aromatic rings. The molecule has 114 valence electrons. The monoisotopic (exact) mass is 300 g/mol. The van der Waals surface area contributed by atoms with Gasteiger partial charge in [0.15, 0.2) is 0 Å². The summed E-state index contributed by atoms with van der Waals surface area (Å²) in [5.41, 5.74) is -4.42. The van der Waals surface area contributed by atoms with Gasteiger partial charge in [-0.05, 0) is 12.8 Å². The molecular formula is C12H13FN2O6. The molecule has 4 N–H and O–H groups in total. The molecule has 1 saturated heterocycles. The molecule has 21 heavy (non-hydrogen) atoms. The number of nitrogens with one attached hydrogen (secondary N) is 1. The molecule has 1 aromatic heterocycles. The van der Waals surface area contributed by atoms with E-state index in [1.807, 2.05) is 4.98 Å². The van der Waals surface area contributed by atoms with Crippen LogP contribution in [0.2, 0.25) is 0 Å². The van der Waals surface area contributed by atoms with Gasteiger partial charge < -0.3 is 20.1 Å². The Balaban J connectivity index is 2.74. The molecule has 1 aliphatic heterocycles. The van der Waals surface area contributed by atoms with Gasteiger partial charge in [0.05, 0.1) is 6.61 Å². The number of hydrogen-bond acceptors (Lipinski definition) is 6. The van der Waals surface area contributed by atoms with Gasteiger partial charge >= 0.3 is 5.69 Å². The molecule has 2 rings (SSSR count). The lowest BCUT2D eigenvalue weighted by Gasteiger charge is -2.32. The lowest BCUT2D eigenvalue weighted by molar-refractivity contribution is -0.232. The first-order valence-corrected chi connectivity index (χ1v) is 5.94. The smallest absolute Gasteiger partial charge is 0.331 e. The number of hydrogen-bond donors (Lipinski definition) is 4. The van der Waals surface area contributed by atoms with E-state index in [2.05, 4.69) is 11.8 Å². The SMILES string of the molecule is CC#C[C@@]1(n2ccc(=O)[nH]c2=O)O[C@H](CO)[C@@H](O)[C@]1(O)F. The summed E-state index contributed by atoms with van der Waals surface area (Å²) in [4.78, 5) is 24.8. The molecule has 0 unspecified atom stereocenters. The molecule has 0 aliphatic carbocycles. The van der Waals surface area contributed by atoms with Crippen molar-refractivity contribution in [2.75, 3.05) is 6.61 Å². The summed E-state index contributed by atoms with van der Waals surface area (Å²) in [6.07, 6.45) is -2.76. The molecule has 0 amide bonds. The van der Waals surface area contributed by atoms with Crippen molar-refractivity contribution in [3.05, 3.63) is 33.1 Å². The normalized spacial score (nSPS) is 35.3. The van der Waals surface area contributed by atoms with Crippen LogP contribution < -0.4 is 11.2 Å². The maximum absolute atomic E-state index is 14.6. The van der Waals surface area contributed by atoms with Gasteiger partial charge in [0, 0.05) is 12.3 Å². The second-order valence-electron chi connectivity index (χ2n) is 4.46. The first-order chi connectivity index (χ1) is 9.80. The minimum atomic E-state index is -3.48. The van der Waals surface area contributed by atoms with Crippen LogP contribution in [0.15, 0.2) is 21.9 Å². The summed E-state index contributed by atoms with van der Waals surface area (Å²) >= 11 is 0. The highest BCUT2D eigenvalue weighted by Gasteiger charge is 2.68. The molecule has 8 nitrogen and oxygen atoms in total. The Labute approximate surface area is 117 Å². The maximum atomic E-state index is 14.6. The molecule has 1 aliphatic rings. The average Bonchev–Trinajstić information content (AvgIpc) is 2.60. The maximum Gasteiger partial charge on any atom is 0.331 e. The number of halogens is 1. The predicted molar refractivity (Wildman–Crippen MR) is 66.8 cm³/mol. The predicted octanol–water partition coefficient (Wildman–Crippen LogP) is -2.38. The summed E-state index contributed by atoms with van der Waals surface area (Å²) in [6, 6.07) is 0.901. The van der Waals surface area contributed by atoms with Gasteiger partial charge in [-0.25, -0.2) is 9.18 Å². The number of aromatic amines is 1. The van der Waals surface area contributed by atoms with Crippen LogP contribution in [0.3, 0.4) is 0 Å². The largest absolute Gasteiger partial charge is 0.394 e. The van der Waals surface area contributed by atoms with Gasteiger partial charge in [-0.1, -0.05) is 0 Å². The van der Waals surface area contributed by atoms with Crippen molar-refractivity contribution in [2.24, 2.45) is 0 Å². The van der Waals surface area contributed by atoms with Crippen molar-refractivity contribution in [3.8, 4) is 11.8 Å². The van der Waals surface area contributed by atoms with E-state index in [-0.39, 0.29) is 0 Å². The zero-order valence-electron chi connectivity index (χ0n) is 10.9. The van der Waals surface area contributed by atoms with Crippen LogP contribution in [0, 0.1) is 11.8 Å². The zero-order valence-corrected chi connectivity index (χ0v) is 10.9. The van der Waals surface area contributed by atoms with E-state index < -0.39 is 41.6 Å². The number of rotatable bonds is 2. The standard InChI is InChI=1S/C12H13FN2O6/c1-2-4-11(15-5-3-8(17)14-10(15)19)12(13,20)9(18)7(6-16)21-11/h3,5,7,9,16,18,20H,6H2,1H3,(H,14,17,19)/t7-,9-,11-,12-/m1/s1. The van der Waals surface area contributed by atoms with Gasteiger partial charge in [0.2, 0.25) is 0 Å². The van der Waals surface area contributed by atoms with E-state index in [0.717, 1.165) is 12.3 Å². The number of ether oxygens (including phenoxy) is 1. The summed E-state index contributed by atoms with van der Waals surface area (Å²) < 4.78 is 20.3. The highest BCUT2D eigenvalue weighted by atomic mass is 19.2. The molecule has 0 aromatic carbocycles. The molecular weight excluding hydrogens is 287 g/mol. The molecule has 1 fully saturated rings. The van der Waals surface area contributed by atoms with Gasteiger partial charge in [-0.15, -0.1) is 5.92 Å². The van der Waals surface area contributed by atoms with Crippen LogP contribution in [0.25, 0.3) is 0 Å². The van der Waals surface area contributed by atoms with E-state index in [4.69, 9.17) is 9.84 Å². The topological polar surface area (TPSA) is 125 Å². The fourth-order valence-electron chi connectivity index (χ4n) is 2.19. The van der Waals surface area contributed by atoms with Crippen LogP contribution in [-0.4, -0.2) is 49.5 Å². The Kier molecular flexibility index (Phi) is 3.73. The Morgan fingerprint density at radius 1 is 1.57 bits per heavy atom. The van der Waals surface area contributed by atoms with Crippen LogP contribution in [0.5, 0.6) is 0 Å². The number of aromatic nitrogens is 2. The van der Waals surface area contributed by atoms with Gasteiger partial charge in [0.25, 0.3) is 17.1 Å². The van der Waals surface area contributed by atoms with Gasteiger partial charge in [-0.3, -0.25) is 14.3 Å². The number of alkyl halides is 1. The molecule has 9 heteroatoms. The van der Waals surface area contributed by atoms with Crippen molar-refractivity contribution in [3.63, 3.8) is 0 Å². The Morgan fingerprint density at radius 3 is 2.71 bits per heavy atom. The van der Waals surface area contributed by atoms with E-state index in [0.29, 0.717) is 4.57 Å². The number of H-pyrrole nitrogens is 1. The van der Waals surface area contributed by atoms with Crippen molar-refractivity contribution in [1.29, 1.82) is 0 Å². The summed E-state index contributed by atoms with van der Waals surface area (Å²) in [7, 11) is 0. The van der Waals surface area contributed by atoms with Crippen molar-refractivity contribution >= 4 is 0 Å². The summed E-state index contributed by atoms with van der Waals surface area (Å²) in [6.45, 7) is 0.495. The minimum Gasteiger partial charge on any atom is -0.394 e. The fraction of sp³-hybridized carbons (Fsp3) is 0.500. The highest BCUT2D eigenvalue weighted by molar-refractivity contribution is 5.22. The molecule has 0 saturated carbocycles. The lowest BCUT2D eigenvalue weighted by atomic mass is 9.99. The second kappa shape index (κ2) is 5.09. The van der Waals surface area contributed by atoms with Crippen LogP contribution in [0.1, 0.15) is 6.92 Å². The van der Waals surface area contributed by atoms with Crippen molar-refractivity contribution < 1.29 is 24.4 Å². The highest BCUT2D eigenvalue weighted by Crippen LogP contribution is 2.43. The molecule has 0 radical (unpaired) electrons. The number of aliphatic hydroxyl groups excluding tert-OH is 2. The Morgan fingerprint density at radius 2 is 2.24 bits per heavy atom. The third-order valence-corrected chi connectivity index (χ3v) is 3.18. The minimum absolute atomic E-state index is 0.518. The van der Waals surface area contributed by atoms with Crippen LogP contribution >= 0.6 is 0 Å². The van der Waals surface area contributed by atoms with Crippen LogP contribution in [0.4, 0.5) is 4.39 Å². The second-order valence-corrected chi connectivity index (χ2v) is 4.46. The Hall–Kier alpha value is -1.99. The van der Waals surface area contributed by atoms with E-state index in [1.54, 1.807) is 0 Å². The number of nitrogens with zero attached hydrogens (tertiary/aromatic N) is 1. The molecule has 0 bridgehead atoms. The number of aliphatic hydroxyl groups is 3. The average molecular weight is 300 g/mol. The third kappa shape index (κ3) is 2.09. The first-order valence-electron chi connectivity index (χ1n) is 5.94. The van der Waals surface area contributed by atoms with Gasteiger partial charge in [0.1, 0.15) is 12.2 Å². The molecule has 2 heterocycles. The fourth-order valence-corrected chi connectivity index (χ4v) is 2.19. The molecule has 4 atom stereocenters. The van der Waals surface area contributed by atoms with Crippen LogP contribution in [-0.2, 0) is 10.5 Å². The summed E-state index contributed by atoms with van der Waals surface area (Å²) in [5.74, 6) is 1.00. The first kappa shape index (κ1) is 15.4. The quantitative estimate of drug-likeness (QED) is 0.452. The Bertz CT molecular complexity index is 715. The van der Waals surface area contributed by atoms with E-state index >= 15 is 0 Å². The van der Waals surface area contributed by atoms with E-state index in [9.17, 15) is 24.2 Å². The van der Waals surface area contributed by atoms with Gasteiger partial charge in [-0.2, -0.15) is 0 Å².